The molecular weight excluding hydrogens is 715 g/mol. The highest BCUT2D eigenvalue weighted by Gasteiger charge is 2.66. The molecule has 0 radical (unpaired) electrons. The van der Waals surface area contributed by atoms with Gasteiger partial charge in [-0.15, -0.1) is 0 Å². The summed E-state index contributed by atoms with van der Waals surface area (Å²) < 4.78 is 15.6. The Bertz CT molecular complexity index is 2050. The number of nitrogens with zero attached hydrogens (tertiary/aromatic N) is 6. The summed E-state index contributed by atoms with van der Waals surface area (Å²) in [6.45, 7) is 5.18. The first kappa shape index (κ1) is 35.2. The van der Waals surface area contributed by atoms with Crippen LogP contribution in [0.25, 0.3) is 22.0 Å². The fourth-order valence-corrected chi connectivity index (χ4v) is 8.62. The Labute approximate surface area is 304 Å². The van der Waals surface area contributed by atoms with Crippen molar-refractivity contribution >= 4 is 50.1 Å². The van der Waals surface area contributed by atoms with Crippen LogP contribution in [0.4, 0.5) is 4.39 Å². The maximum absolute atomic E-state index is 14.5. The van der Waals surface area contributed by atoms with E-state index < -0.39 is 11.9 Å². The minimum absolute atomic E-state index is 0.0313. The van der Waals surface area contributed by atoms with Crippen LogP contribution < -0.4 is 0 Å². The first-order valence-electron chi connectivity index (χ1n) is 17.9. The summed E-state index contributed by atoms with van der Waals surface area (Å²) in [7, 11) is 0. The number of ketones is 3. The van der Waals surface area contributed by atoms with E-state index in [2.05, 4.69) is 36.9 Å². The van der Waals surface area contributed by atoms with E-state index in [1.807, 2.05) is 19.9 Å². The molecule has 4 aromatic rings. The van der Waals surface area contributed by atoms with Crippen LogP contribution in [0, 0.1) is 24.1 Å². The highest BCUT2D eigenvalue weighted by Crippen LogP contribution is 2.62. The molecule has 4 atom stereocenters. The predicted octanol–water partition coefficient (Wildman–Crippen LogP) is 6.96. The van der Waals surface area contributed by atoms with Gasteiger partial charge in [-0.3, -0.25) is 23.9 Å². The van der Waals surface area contributed by atoms with Crippen LogP contribution in [-0.2, 0) is 33.8 Å². The van der Waals surface area contributed by atoms with E-state index in [4.69, 9.17) is 5.10 Å². The van der Waals surface area contributed by atoms with E-state index >= 15 is 0 Å². The number of aromatic nitrogens is 5. The standard InChI is InChI=1S/C39H42BrFN6O4/c1-22-8-6-4-5-7-9-25-14-26(27-19-42-24(3)43-20-27)15-29-36(23(2)48)45-46(37(25)29)21-35(51)47-31(17-39(18-34(39)47)13-12-32(22)49)33(50)16-28-10-11-30(41)38(40)44-28/h10-11,14-15,19-20,22,31,34H,4-9,12-13,16-18,21H2,1-3H3/t22-,31+,34-,39+/m1/s1. The van der Waals surface area contributed by atoms with Crippen LogP contribution in [0.15, 0.2) is 41.3 Å². The molecule has 3 aromatic heterocycles. The molecule has 7 rings (SSSR count). The highest BCUT2D eigenvalue weighted by atomic mass is 79.9. The van der Waals surface area contributed by atoms with Gasteiger partial charge in [0, 0.05) is 54.3 Å². The Kier molecular flexibility index (Phi) is 9.73. The Morgan fingerprint density at radius 2 is 1.78 bits per heavy atom. The lowest BCUT2D eigenvalue weighted by Crippen LogP contribution is -2.45. The molecule has 2 bridgehead atoms. The topological polar surface area (TPSA) is 128 Å². The summed E-state index contributed by atoms with van der Waals surface area (Å²) in [5, 5.41) is 5.42. The minimum Gasteiger partial charge on any atom is -0.327 e. The maximum Gasteiger partial charge on any atom is 0.245 e. The van der Waals surface area contributed by atoms with Crippen molar-refractivity contribution in [2.75, 3.05) is 0 Å². The van der Waals surface area contributed by atoms with Gasteiger partial charge >= 0.3 is 0 Å². The second-order valence-corrected chi connectivity index (χ2v) is 15.5. The van der Waals surface area contributed by atoms with Gasteiger partial charge in [0.05, 0.1) is 18.0 Å². The molecule has 1 amide bonds. The molecule has 3 aliphatic rings. The van der Waals surface area contributed by atoms with E-state index in [1.165, 1.54) is 19.1 Å². The predicted molar refractivity (Wildman–Crippen MR) is 192 cm³/mol. The van der Waals surface area contributed by atoms with Gasteiger partial charge in [0.2, 0.25) is 5.91 Å². The lowest BCUT2D eigenvalue weighted by molar-refractivity contribution is -0.139. The smallest absolute Gasteiger partial charge is 0.245 e. The first-order chi connectivity index (χ1) is 24.4. The summed E-state index contributed by atoms with van der Waals surface area (Å²) in [6, 6.07) is 5.90. The molecular formula is C39H42BrFN6O4. The minimum atomic E-state index is -0.710. The van der Waals surface area contributed by atoms with Crippen LogP contribution in [0.3, 0.4) is 0 Å². The van der Waals surface area contributed by atoms with Gasteiger partial charge < -0.3 is 4.90 Å². The SMILES string of the molecule is CC(=O)c1nn2c3c(cc(-c4cnc(C)nc4)cc13)CCCCCC[C@@H](C)C(=O)CC[C@@]13C[C@@H](C(=O)Cc4ccc(F)c(Br)n4)N(C(=O)C2)[C@@H]1C3. The molecule has 2 fully saturated rings. The van der Waals surface area contributed by atoms with Crippen molar-refractivity contribution in [2.45, 2.75) is 110 Å². The monoisotopic (exact) mass is 756 g/mol. The summed E-state index contributed by atoms with van der Waals surface area (Å²) >= 11 is 3.11. The van der Waals surface area contributed by atoms with Crippen LogP contribution in [0.5, 0.6) is 0 Å². The Hall–Kier alpha value is -4.19. The van der Waals surface area contributed by atoms with Crippen molar-refractivity contribution in [3.8, 4) is 11.1 Å². The van der Waals surface area contributed by atoms with Gasteiger partial charge in [-0.1, -0.05) is 26.2 Å². The van der Waals surface area contributed by atoms with Gasteiger partial charge in [0.25, 0.3) is 0 Å². The summed E-state index contributed by atoms with van der Waals surface area (Å²) in [5.41, 5.74) is 3.80. The zero-order valence-electron chi connectivity index (χ0n) is 29.3. The largest absolute Gasteiger partial charge is 0.327 e. The number of amides is 1. The summed E-state index contributed by atoms with van der Waals surface area (Å²) in [5.74, 6) is -0.300. The average Bonchev–Trinajstić information content (AvgIpc) is 3.51. The van der Waals surface area contributed by atoms with Gasteiger partial charge in [-0.05, 0) is 102 Å². The van der Waals surface area contributed by atoms with Crippen molar-refractivity contribution in [1.29, 1.82) is 0 Å². The van der Waals surface area contributed by atoms with Gasteiger partial charge in [0.1, 0.15) is 28.4 Å². The van der Waals surface area contributed by atoms with Crippen molar-refractivity contribution < 1.29 is 23.6 Å². The Balaban J connectivity index is 1.28. The molecule has 0 unspecified atom stereocenters. The lowest BCUT2D eigenvalue weighted by atomic mass is 9.88. The molecule has 1 aliphatic carbocycles. The quantitative estimate of drug-likeness (QED) is 0.158. The zero-order valence-corrected chi connectivity index (χ0v) is 30.8. The highest BCUT2D eigenvalue weighted by molar-refractivity contribution is 9.10. The van der Waals surface area contributed by atoms with Gasteiger partial charge in [-0.2, -0.15) is 5.10 Å². The number of benzene rings is 1. The number of Topliss-reactive ketones (excluding diaryl/α,β-unsaturated/α-hetero) is 3. The Morgan fingerprint density at radius 1 is 1.02 bits per heavy atom. The number of carbonyl (C=O) groups excluding carboxylic acids is 4. The lowest BCUT2D eigenvalue weighted by Gasteiger charge is -2.27. The third-order valence-electron chi connectivity index (χ3n) is 11.2. The second-order valence-electron chi connectivity index (χ2n) is 14.8. The molecule has 0 N–H and O–H groups in total. The van der Waals surface area contributed by atoms with E-state index in [1.54, 1.807) is 22.0 Å². The number of aryl methyl sites for hydroxylation is 2. The number of piperidine rings is 1. The number of halogens is 2. The number of carbonyl (C=O) groups is 4. The molecule has 1 saturated carbocycles. The third-order valence-corrected chi connectivity index (χ3v) is 11.8. The molecule has 10 nitrogen and oxygen atoms in total. The number of rotatable bonds is 5. The average molecular weight is 758 g/mol. The third kappa shape index (κ3) is 7.03. The molecule has 12 heteroatoms. The molecule has 51 heavy (non-hydrogen) atoms. The maximum atomic E-state index is 14.5. The molecule has 266 valence electrons. The zero-order chi connectivity index (χ0) is 36.0. The van der Waals surface area contributed by atoms with E-state index in [0.717, 1.165) is 60.7 Å². The van der Waals surface area contributed by atoms with Crippen LogP contribution in [0.2, 0.25) is 0 Å². The number of hydrogen-bond acceptors (Lipinski definition) is 8. The molecule has 1 saturated heterocycles. The Morgan fingerprint density at radius 3 is 2.53 bits per heavy atom. The molecule has 5 heterocycles. The van der Waals surface area contributed by atoms with Crippen LogP contribution in [-0.4, -0.2) is 65.0 Å². The summed E-state index contributed by atoms with van der Waals surface area (Å²) in [6.07, 6.45) is 11.1. The number of hydrogen-bond donors (Lipinski definition) is 0. The normalized spacial score (nSPS) is 24.3. The van der Waals surface area contributed by atoms with E-state index in [9.17, 15) is 23.6 Å². The van der Waals surface area contributed by atoms with Crippen LogP contribution >= 0.6 is 15.9 Å². The fraction of sp³-hybridized carbons (Fsp3) is 0.487. The fourth-order valence-electron chi connectivity index (χ4n) is 8.26. The van der Waals surface area contributed by atoms with Crippen molar-refractivity contribution in [1.82, 2.24) is 29.6 Å². The first-order valence-corrected chi connectivity index (χ1v) is 18.7. The number of pyridine rings is 1. The molecule has 0 spiro atoms. The molecule has 1 aromatic carbocycles. The van der Waals surface area contributed by atoms with Crippen molar-refractivity contribution in [2.24, 2.45) is 11.3 Å². The van der Waals surface area contributed by atoms with Crippen molar-refractivity contribution in [3.63, 3.8) is 0 Å². The van der Waals surface area contributed by atoms with Gasteiger partial charge in [-0.25, -0.2) is 19.3 Å². The van der Waals surface area contributed by atoms with Crippen LogP contribution in [0.1, 0.15) is 99.2 Å². The van der Waals surface area contributed by atoms with E-state index in [0.29, 0.717) is 42.6 Å². The van der Waals surface area contributed by atoms with Gasteiger partial charge in [0.15, 0.2) is 17.4 Å². The second kappa shape index (κ2) is 14.1. The van der Waals surface area contributed by atoms with E-state index in [-0.39, 0.29) is 63.9 Å². The molecule has 2 aliphatic heterocycles. The van der Waals surface area contributed by atoms with Crippen molar-refractivity contribution in [3.05, 3.63) is 69.9 Å². The summed E-state index contributed by atoms with van der Waals surface area (Å²) in [4.78, 5) is 69.5.